The zero-order valence-corrected chi connectivity index (χ0v) is 18.4. The van der Waals surface area contributed by atoms with Gasteiger partial charge in [0.25, 0.3) is 0 Å². The van der Waals surface area contributed by atoms with Gasteiger partial charge >= 0.3 is 5.97 Å². The monoisotopic (exact) mass is 391 g/mol. The third kappa shape index (κ3) is 3.80. The average Bonchev–Trinajstić information content (AvgIpc) is 3.48. The predicted octanol–water partition coefficient (Wildman–Crippen LogP) is 6.59. The molecule has 1 saturated carbocycles. The van der Waals surface area contributed by atoms with E-state index in [2.05, 4.69) is 51.7 Å². The van der Waals surface area contributed by atoms with Crippen LogP contribution >= 0.6 is 0 Å². The number of aromatic carboxylic acids is 1. The predicted molar refractivity (Wildman–Crippen MR) is 120 cm³/mol. The number of nitrogens with zero attached hydrogens (tertiary/aromatic N) is 1. The Kier molecular flexibility index (Phi) is 4.76. The Balaban J connectivity index is 1.82. The van der Waals surface area contributed by atoms with E-state index in [9.17, 15) is 9.90 Å². The molecule has 0 spiro atoms. The number of hydrogen-bond donors (Lipinski definition) is 1. The number of carboxylic acids is 1. The van der Waals surface area contributed by atoms with Crippen molar-refractivity contribution in [1.29, 1.82) is 0 Å². The van der Waals surface area contributed by atoms with Gasteiger partial charge in [-0.3, -0.25) is 0 Å². The molecule has 2 aliphatic carbocycles. The molecule has 0 bridgehead atoms. The van der Waals surface area contributed by atoms with Crippen LogP contribution in [0.3, 0.4) is 0 Å². The molecule has 1 fully saturated rings. The molecule has 0 radical (unpaired) electrons. The van der Waals surface area contributed by atoms with Crippen molar-refractivity contribution in [3.05, 3.63) is 58.7 Å². The highest BCUT2D eigenvalue weighted by molar-refractivity contribution is 5.88. The van der Waals surface area contributed by atoms with Gasteiger partial charge in [-0.05, 0) is 96.4 Å². The Morgan fingerprint density at radius 3 is 2.07 bits per heavy atom. The van der Waals surface area contributed by atoms with Crippen molar-refractivity contribution in [2.45, 2.75) is 71.1 Å². The average molecular weight is 392 g/mol. The van der Waals surface area contributed by atoms with Crippen molar-refractivity contribution in [2.24, 2.45) is 5.92 Å². The van der Waals surface area contributed by atoms with Crippen LogP contribution in [0.15, 0.2) is 36.4 Å². The van der Waals surface area contributed by atoms with Crippen LogP contribution in [0.25, 0.3) is 0 Å². The first-order valence-corrected chi connectivity index (χ1v) is 10.8. The van der Waals surface area contributed by atoms with Crippen LogP contribution in [0.1, 0.15) is 80.4 Å². The molecule has 0 heterocycles. The summed E-state index contributed by atoms with van der Waals surface area (Å²) in [5.41, 5.74) is 7.33. The first-order valence-electron chi connectivity index (χ1n) is 10.8. The zero-order valence-electron chi connectivity index (χ0n) is 18.4. The van der Waals surface area contributed by atoms with Gasteiger partial charge in [-0.1, -0.05) is 33.8 Å². The van der Waals surface area contributed by atoms with Gasteiger partial charge in [0.15, 0.2) is 0 Å². The summed E-state index contributed by atoms with van der Waals surface area (Å²) in [5.74, 6) is -0.145. The topological polar surface area (TPSA) is 40.5 Å². The van der Waals surface area contributed by atoms with Crippen LogP contribution in [0.5, 0.6) is 0 Å². The lowest BCUT2D eigenvalue weighted by Crippen LogP contribution is -2.34. The van der Waals surface area contributed by atoms with E-state index in [1.807, 2.05) is 12.1 Å². The van der Waals surface area contributed by atoms with E-state index in [-0.39, 0.29) is 10.8 Å². The molecular weight excluding hydrogens is 358 g/mol. The second kappa shape index (κ2) is 6.90. The third-order valence-electron chi connectivity index (χ3n) is 7.02. The maximum Gasteiger partial charge on any atom is 0.335 e. The standard InChI is InChI=1S/C26H33NO2/c1-17-14-21-22(26(4,5)13-12-25(21,2)3)15-23(17)27(16-18-6-7-18)20-10-8-19(9-11-20)24(28)29/h8-11,14-15,18H,6-7,12-13,16H2,1-5H3,(H,28,29). The fourth-order valence-corrected chi connectivity index (χ4v) is 4.69. The van der Waals surface area contributed by atoms with Gasteiger partial charge in [-0.2, -0.15) is 0 Å². The number of hydrogen-bond acceptors (Lipinski definition) is 2. The van der Waals surface area contributed by atoms with Gasteiger partial charge in [0.1, 0.15) is 0 Å². The third-order valence-corrected chi connectivity index (χ3v) is 7.02. The summed E-state index contributed by atoms with van der Waals surface area (Å²) in [6, 6.07) is 12.2. The number of fused-ring (bicyclic) bond motifs is 1. The van der Waals surface area contributed by atoms with Crippen molar-refractivity contribution in [3.8, 4) is 0 Å². The summed E-state index contributed by atoms with van der Waals surface area (Å²) in [5, 5.41) is 9.26. The molecule has 0 aliphatic heterocycles. The first-order chi connectivity index (χ1) is 13.6. The molecule has 2 aromatic carbocycles. The molecule has 0 saturated heterocycles. The quantitative estimate of drug-likeness (QED) is 0.625. The molecular formula is C26H33NO2. The van der Waals surface area contributed by atoms with Crippen molar-refractivity contribution in [2.75, 3.05) is 11.4 Å². The SMILES string of the molecule is Cc1cc2c(cc1N(CC1CC1)c1ccc(C(=O)O)cc1)C(C)(C)CCC2(C)C. The fourth-order valence-electron chi connectivity index (χ4n) is 4.69. The minimum absolute atomic E-state index is 0.172. The lowest BCUT2D eigenvalue weighted by Gasteiger charge is -2.43. The number of carbonyl (C=O) groups is 1. The molecule has 2 aromatic rings. The van der Waals surface area contributed by atoms with Crippen LogP contribution in [-0.4, -0.2) is 17.6 Å². The summed E-state index contributed by atoms with van der Waals surface area (Å²) in [6.07, 6.45) is 4.98. The van der Waals surface area contributed by atoms with Crippen molar-refractivity contribution in [3.63, 3.8) is 0 Å². The Morgan fingerprint density at radius 1 is 1.00 bits per heavy atom. The van der Waals surface area contributed by atoms with E-state index in [1.165, 1.54) is 48.1 Å². The molecule has 0 unspecified atom stereocenters. The Hall–Kier alpha value is -2.29. The second-order valence-corrected chi connectivity index (χ2v) is 10.4. The summed E-state index contributed by atoms with van der Waals surface area (Å²) in [6.45, 7) is 12.7. The largest absolute Gasteiger partial charge is 0.478 e. The molecule has 0 amide bonds. The zero-order chi connectivity index (χ0) is 21.0. The van der Waals surface area contributed by atoms with Crippen molar-refractivity contribution < 1.29 is 9.90 Å². The Labute approximate surface area is 174 Å². The van der Waals surface area contributed by atoms with Gasteiger partial charge in [-0.25, -0.2) is 4.79 Å². The molecule has 0 aromatic heterocycles. The van der Waals surface area contributed by atoms with E-state index in [0.29, 0.717) is 5.56 Å². The van der Waals surface area contributed by atoms with Gasteiger partial charge in [0, 0.05) is 17.9 Å². The van der Waals surface area contributed by atoms with Crippen LogP contribution in [0, 0.1) is 12.8 Å². The lowest BCUT2D eigenvalue weighted by molar-refractivity contribution is 0.0697. The Morgan fingerprint density at radius 2 is 1.55 bits per heavy atom. The van der Waals surface area contributed by atoms with Gasteiger partial charge in [0.05, 0.1) is 5.56 Å². The molecule has 1 N–H and O–H groups in total. The smallest absolute Gasteiger partial charge is 0.335 e. The van der Waals surface area contributed by atoms with E-state index in [1.54, 1.807) is 12.1 Å². The lowest BCUT2D eigenvalue weighted by atomic mass is 9.63. The first kappa shape index (κ1) is 20.0. The summed E-state index contributed by atoms with van der Waals surface area (Å²) in [4.78, 5) is 13.7. The minimum atomic E-state index is -0.876. The van der Waals surface area contributed by atoms with E-state index in [0.717, 1.165) is 18.2 Å². The second-order valence-electron chi connectivity index (χ2n) is 10.4. The van der Waals surface area contributed by atoms with E-state index in [4.69, 9.17) is 0 Å². The fraction of sp³-hybridized carbons (Fsp3) is 0.500. The minimum Gasteiger partial charge on any atom is -0.478 e. The number of rotatable bonds is 5. The normalized spacial score (nSPS) is 19.5. The van der Waals surface area contributed by atoms with Gasteiger partial charge < -0.3 is 10.0 Å². The van der Waals surface area contributed by atoms with E-state index < -0.39 is 5.97 Å². The molecule has 3 heteroatoms. The highest BCUT2D eigenvalue weighted by atomic mass is 16.4. The number of benzene rings is 2. The number of anilines is 2. The molecule has 29 heavy (non-hydrogen) atoms. The van der Waals surface area contributed by atoms with Crippen LogP contribution in [0.2, 0.25) is 0 Å². The highest BCUT2D eigenvalue weighted by Gasteiger charge is 2.38. The number of aryl methyl sites for hydroxylation is 1. The van der Waals surface area contributed by atoms with Gasteiger partial charge in [0.2, 0.25) is 0 Å². The maximum absolute atomic E-state index is 11.3. The number of carboxylic acid groups (broad SMARTS) is 1. The van der Waals surface area contributed by atoms with Crippen LogP contribution in [-0.2, 0) is 10.8 Å². The highest BCUT2D eigenvalue weighted by Crippen LogP contribution is 2.48. The summed E-state index contributed by atoms with van der Waals surface area (Å²) < 4.78 is 0. The molecule has 4 rings (SSSR count). The van der Waals surface area contributed by atoms with Crippen LogP contribution in [0.4, 0.5) is 11.4 Å². The van der Waals surface area contributed by atoms with Gasteiger partial charge in [-0.15, -0.1) is 0 Å². The summed E-state index contributed by atoms with van der Waals surface area (Å²) in [7, 11) is 0. The molecule has 3 nitrogen and oxygen atoms in total. The molecule has 154 valence electrons. The molecule has 0 atom stereocenters. The van der Waals surface area contributed by atoms with Crippen LogP contribution < -0.4 is 4.90 Å². The Bertz CT molecular complexity index is 936. The van der Waals surface area contributed by atoms with Crippen molar-refractivity contribution >= 4 is 17.3 Å². The summed E-state index contributed by atoms with van der Waals surface area (Å²) >= 11 is 0. The van der Waals surface area contributed by atoms with E-state index >= 15 is 0 Å². The molecule has 2 aliphatic rings. The van der Waals surface area contributed by atoms with Crippen molar-refractivity contribution in [1.82, 2.24) is 0 Å². The maximum atomic E-state index is 11.3.